The third kappa shape index (κ3) is 6.48. The third-order valence-electron chi connectivity index (χ3n) is 16.2. The number of hydrogen-bond donors (Lipinski definition) is 0. The average molecular weight is 930 g/mol. The van der Waals surface area contributed by atoms with Crippen molar-refractivity contribution in [1.29, 1.82) is 0 Å². The predicted molar refractivity (Wildman–Crippen MR) is 307 cm³/mol. The first-order valence-corrected chi connectivity index (χ1v) is 25.6. The molecule has 2 aliphatic carbocycles. The first-order chi connectivity index (χ1) is 36.0. The topological polar surface area (TPSA) is 3.24 Å². The van der Waals surface area contributed by atoms with E-state index < -0.39 is 5.41 Å². The number of rotatable bonds is 7. The van der Waals surface area contributed by atoms with Gasteiger partial charge in [0.15, 0.2) is 0 Å². The molecule has 0 unspecified atom stereocenters. The minimum absolute atomic E-state index is 0.167. The molecule has 2 aliphatic rings. The van der Waals surface area contributed by atoms with E-state index in [2.05, 4.69) is 292 Å². The van der Waals surface area contributed by atoms with E-state index in [4.69, 9.17) is 0 Å². The van der Waals surface area contributed by atoms with Crippen molar-refractivity contribution in [3.05, 3.63) is 306 Å². The Morgan fingerprint density at radius 1 is 0.260 bits per heavy atom. The van der Waals surface area contributed by atoms with Crippen molar-refractivity contribution in [2.24, 2.45) is 0 Å². The second kappa shape index (κ2) is 16.8. The van der Waals surface area contributed by atoms with Crippen molar-refractivity contribution in [1.82, 2.24) is 0 Å². The van der Waals surface area contributed by atoms with Gasteiger partial charge in [-0.1, -0.05) is 250 Å². The van der Waals surface area contributed by atoms with Crippen LogP contribution in [-0.2, 0) is 10.8 Å². The number of nitrogens with zero attached hydrogens (tertiary/aromatic N) is 1. The third-order valence-corrected chi connectivity index (χ3v) is 16.2. The Morgan fingerprint density at radius 2 is 0.712 bits per heavy atom. The van der Waals surface area contributed by atoms with Crippen LogP contribution in [0.15, 0.2) is 273 Å². The summed E-state index contributed by atoms with van der Waals surface area (Å²) in [6, 6.07) is 102. The molecule has 14 rings (SSSR count). The Hall–Kier alpha value is -9.04. The molecular weight excluding hydrogens is 879 g/mol. The van der Waals surface area contributed by atoms with Gasteiger partial charge >= 0.3 is 0 Å². The minimum atomic E-state index is -0.481. The van der Waals surface area contributed by atoms with Crippen LogP contribution in [0, 0.1) is 0 Å². The summed E-state index contributed by atoms with van der Waals surface area (Å²) in [5.74, 6) is 0. The largest absolute Gasteiger partial charge is 0.310 e. The summed E-state index contributed by atoms with van der Waals surface area (Å²) in [7, 11) is 0. The summed E-state index contributed by atoms with van der Waals surface area (Å²) in [6.07, 6.45) is 0. The fourth-order valence-corrected chi connectivity index (χ4v) is 12.9. The standard InChI is InChI=1S/C72H51N/c1-71(2)66-35-17-19-37-68(66)72(69-38-20-18-36-67(69)71)64-34-16-14-32-60(64)63-47-52(44-45-65(63)72)73(51-42-40-49(41-43-51)62-46-50-24-6-7-26-54(50)56-28-10-13-31-59(56)62)70-39-21-15-33-61(70)58-30-12-11-29-57(58)55-27-9-8-25-53(55)48-22-4-3-5-23-48/h3-47H,1-2H3. The molecule has 0 saturated carbocycles. The zero-order chi connectivity index (χ0) is 48.7. The zero-order valence-corrected chi connectivity index (χ0v) is 40.9. The summed E-state index contributed by atoms with van der Waals surface area (Å²) in [4.78, 5) is 2.50. The summed E-state index contributed by atoms with van der Waals surface area (Å²) >= 11 is 0. The van der Waals surface area contributed by atoms with Gasteiger partial charge < -0.3 is 4.90 Å². The van der Waals surface area contributed by atoms with Crippen LogP contribution in [0.1, 0.15) is 47.2 Å². The Morgan fingerprint density at radius 3 is 1.40 bits per heavy atom. The van der Waals surface area contributed by atoms with E-state index in [1.807, 2.05) is 0 Å². The molecule has 0 bridgehead atoms. The van der Waals surface area contributed by atoms with Crippen LogP contribution in [0.4, 0.5) is 17.1 Å². The predicted octanol–water partition coefficient (Wildman–Crippen LogP) is 19.1. The van der Waals surface area contributed by atoms with E-state index >= 15 is 0 Å². The van der Waals surface area contributed by atoms with Gasteiger partial charge in [0.1, 0.15) is 0 Å². The van der Waals surface area contributed by atoms with Gasteiger partial charge in [-0.15, -0.1) is 0 Å². The lowest BCUT2D eigenvalue weighted by Gasteiger charge is -2.46. The highest BCUT2D eigenvalue weighted by atomic mass is 15.1. The highest BCUT2D eigenvalue weighted by Gasteiger charge is 2.53. The second-order valence-corrected chi connectivity index (χ2v) is 20.3. The number of fused-ring (bicyclic) bond motifs is 12. The van der Waals surface area contributed by atoms with E-state index in [0.717, 1.165) is 22.6 Å². The number of benzene rings is 12. The van der Waals surface area contributed by atoms with Crippen molar-refractivity contribution in [3.8, 4) is 55.6 Å². The normalized spacial score (nSPS) is 13.6. The Kier molecular flexibility index (Phi) is 9.85. The van der Waals surface area contributed by atoms with Crippen LogP contribution in [0.2, 0.25) is 0 Å². The SMILES string of the molecule is CC1(C)c2ccccc2C2(c3ccccc3-c3cc(N(c4ccc(-c5cc6ccccc6c6ccccc56)cc4)c4ccccc4-c4ccccc4-c4ccccc4-c4ccccc4)ccc32)c2ccccc21. The molecule has 73 heavy (non-hydrogen) atoms. The van der Waals surface area contributed by atoms with Crippen molar-refractivity contribution in [2.75, 3.05) is 4.90 Å². The molecule has 0 N–H and O–H groups in total. The van der Waals surface area contributed by atoms with Crippen LogP contribution < -0.4 is 4.90 Å². The van der Waals surface area contributed by atoms with E-state index in [1.165, 1.54) is 105 Å². The van der Waals surface area contributed by atoms with Crippen molar-refractivity contribution in [3.63, 3.8) is 0 Å². The first-order valence-electron chi connectivity index (χ1n) is 25.6. The molecule has 12 aromatic rings. The molecule has 0 heterocycles. The quantitative estimate of drug-likeness (QED) is 0.144. The van der Waals surface area contributed by atoms with Crippen LogP contribution in [-0.4, -0.2) is 0 Å². The monoisotopic (exact) mass is 929 g/mol. The van der Waals surface area contributed by atoms with Gasteiger partial charge in [0.25, 0.3) is 0 Å². The van der Waals surface area contributed by atoms with Gasteiger partial charge in [-0.3, -0.25) is 0 Å². The van der Waals surface area contributed by atoms with Crippen molar-refractivity contribution in [2.45, 2.75) is 24.7 Å². The average Bonchev–Trinajstić information content (AvgIpc) is 3.75. The van der Waals surface area contributed by atoms with E-state index in [-0.39, 0.29) is 5.41 Å². The summed E-state index contributed by atoms with van der Waals surface area (Å²) in [6.45, 7) is 4.79. The Balaban J connectivity index is 0.998. The molecule has 0 fully saturated rings. The molecule has 0 aliphatic heterocycles. The van der Waals surface area contributed by atoms with Crippen LogP contribution in [0.25, 0.3) is 77.2 Å². The number of hydrogen-bond acceptors (Lipinski definition) is 1. The molecule has 344 valence electrons. The Labute approximate surface area is 428 Å². The molecule has 1 heteroatoms. The van der Waals surface area contributed by atoms with E-state index in [1.54, 1.807) is 0 Å². The number of anilines is 3. The van der Waals surface area contributed by atoms with E-state index in [0.29, 0.717) is 0 Å². The van der Waals surface area contributed by atoms with Gasteiger partial charge in [-0.2, -0.15) is 0 Å². The molecule has 0 amide bonds. The van der Waals surface area contributed by atoms with Crippen molar-refractivity contribution < 1.29 is 0 Å². The van der Waals surface area contributed by atoms with Gasteiger partial charge in [0.05, 0.1) is 11.1 Å². The van der Waals surface area contributed by atoms with Gasteiger partial charge in [0.2, 0.25) is 0 Å². The lowest BCUT2D eigenvalue weighted by Crippen LogP contribution is -2.40. The maximum atomic E-state index is 2.50. The lowest BCUT2D eigenvalue weighted by atomic mass is 9.55. The molecule has 12 aromatic carbocycles. The Bertz CT molecular complexity index is 4070. The van der Waals surface area contributed by atoms with Gasteiger partial charge in [0, 0.05) is 22.4 Å². The highest BCUT2D eigenvalue weighted by Crippen LogP contribution is 2.63. The summed E-state index contributed by atoms with van der Waals surface area (Å²) < 4.78 is 0. The molecule has 1 spiro atoms. The maximum Gasteiger partial charge on any atom is 0.0719 e. The molecule has 0 saturated heterocycles. The van der Waals surface area contributed by atoms with Crippen LogP contribution in [0.3, 0.4) is 0 Å². The zero-order valence-electron chi connectivity index (χ0n) is 40.9. The summed E-state index contributed by atoms with van der Waals surface area (Å²) in [5.41, 5.74) is 22.9. The van der Waals surface area contributed by atoms with Crippen LogP contribution in [0.5, 0.6) is 0 Å². The smallest absolute Gasteiger partial charge is 0.0719 e. The molecule has 0 atom stereocenters. The second-order valence-electron chi connectivity index (χ2n) is 20.3. The molecular formula is C72H51N. The van der Waals surface area contributed by atoms with Gasteiger partial charge in [-0.25, -0.2) is 0 Å². The molecule has 1 nitrogen and oxygen atoms in total. The van der Waals surface area contributed by atoms with Crippen molar-refractivity contribution >= 4 is 38.6 Å². The van der Waals surface area contributed by atoms with Crippen LogP contribution >= 0.6 is 0 Å². The number of para-hydroxylation sites is 1. The minimum Gasteiger partial charge on any atom is -0.310 e. The maximum absolute atomic E-state index is 2.50. The first kappa shape index (κ1) is 42.8. The van der Waals surface area contributed by atoms with E-state index in [9.17, 15) is 0 Å². The highest BCUT2D eigenvalue weighted by molar-refractivity contribution is 6.14. The fourth-order valence-electron chi connectivity index (χ4n) is 12.9. The fraction of sp³-hybridized carbons (Fsp3) is 0.0556. The van der Waals surface area contributed by atoms with Gasteiger partial charge in [-0.05, 0) is 141 Å². The summed E-state index contributed by atoms with van der Waals surface area (Å²) in [5, 5.41) is 5.04. The lowest BCUT2D eigenvalue weighted by molar-refractivity contribution is 0.563. The molecule has 0 radical (unpaired) electrons. The molecule has 0 aromatic heterocycles.